The van der Waals surface area contributed by atoms with E-state index in [1.807, 2.05) is 48.5 Å². The van der Waals surface area contributed by atoms with Crippen LogP contribution in [0.2, 0.25) is 0 Å². The molecule has 0 saturated carbocycles. The maximum Gasteiger partial charge on any atom is 0.458 e. The molecule has 46 heavy (non-hydrogen) atoms. The Balaban J connectivity index is 1.41. The van der Waals surface area contributed by atoms with Gasteiger partial charge in [-0.2, -0.15) is 22.0 Å². The summed E-state index contributed by atoms with van der Waals surface area (Å²) in [5.74, 6) is -9.15. The van der Waals surface area contributed by atoms with Gasteiger partial charge in [-0.05, 0) is 113 Å². The van der Waals surface area contributed by atoms with E-state index in [2.05, 4.69) is 0 Å². The summed E-state index contributed by atoms with van der Waals surface area (Å²) in [7, 11) is 0. The number of fused-ring (bicyclic) bond motifs is 2. The van der Waals surface area contributed by atoms with Gasteiger partial charge in [-0.25, -0.2) is 13.2 Å². The summed E-state index contributed by atoms with van der Waals surface area (Å²) in [6, 6.07) is 28.8. The monoisotopic (exact) mass is 626 g/mol. The van der Waals surface area contributed by atoms with Crippen molar-refractivity contribution in [3.63, 3.8) is 0 Å². The fourth-order valence-corrected chi connectivity index (χ4v) is 6.78. The van der Waals surface area contributed by atoms with Gasteiger partial charge < -0.3 is 0 Å². The molecule has 0 aliphatic rings. The molecule has 8 rings (SSSR count). The summed E-state index contributed by atoms with van der Waals surface area (Å²) in [5, 5.41) is 6.25. The molecule has 0 atom stereocenters. The highest BCUT2D eigenvalue weighted by Crippen LogP contribution is 2.48. The number of halogens is 8. The molecule has 0 N–H and O–H groups in total. The highest BCUT2D eigenvalue weighted by molar-refractivity contribution is 6.26. The van der Waals surface area contributed by atoms with Crippen LogP contribution in [0.15, 0.2) is 109 Å². The number of hydrogen-bond donors (Lipinski definition) is 0. The minimum absolute atomic E-state index is 0.182. The summed E-state index contributed by atoms with van der Waals surface area (Å²) in [5.41, 5.74) is 1.23. The predicted octanol–water partition coefficient (Wildman–Crippen LogP) is 12.3. The molecule has 8 heteroatoms. The molecule has 0 fully saturated rings. The molecule has 0 unspecified atom stereocenters. The van der Waals surface area contributed by atoms with Crippen molar-refractivity contribution in [2.24, 2.45) is 0 Å². The largest absolute Gasteiger partial charge is 0.458 e. The molecular weight excluding hydrogens is 608 g/mol. The van der Waals surface area contributed by atoms with Crippen molar-refractivity contribution >= 4 is 53.9 Å². The lowest BCUT2D eigenvalue weighted by atomic mass is 9.84. The topological polar surface area (TPSA) is 0 Å². The van der Waals surface area contributed by atoms with Crippen LogP contribution in [0.1, 0.15) is 5.56 Å². The van der Waals surface area contributed by atoms with Crippen molar-refractivity contribution in [2.75, 3.05) is 0 Å². The van der Waals surface area contributed by atoms with Crippen molar-refractivity contribution in [3.05, 3.63) is 132 Å². The average molecular weight is 627 g/mol. The lowest BCUT2D eigenvalue weighted by molar-refractivity contribution is -0.289. The quantitative estimate of drug-likeness (QED) is 0.0792. The number of benzene rings is 8. The summed E-state index contributed by atoms with van der Waals surface area (Å²) < 4.78 is 111. The third-order valence-corrected chi connectivity index (χ3v) is 8.74. The van der Waals surface area contributed by atoms with Gasteiger partial charge in [-0.1, -0.05) is 72.8 Å². The molecule has 0 nitrogen and oxygen atoms in total. The van der Waals surface area contributed by atoms with E-state index >= 15 is 0 Å². The summed E-state index contributed by atoms with van der Waals surface area (Å²) in [6.45, 7) is 0. The van der Waals surface area contributed by atoms with E-state index in [-0.39, 0.29) is 16.3 Å². The van der Waals surface area contributed by atoms with Crippen LogP contribution in [0.3, 0.4) is 0 Å². The van der Waals surface area contributed by atoms with Gasteiger partial charge in [0.2, 0.25) is 0 Å². The highest BCUT2D eigenvalue weighted by Gasteiger charge is 2.58. The fourth-order valence-electron chi connectivity index (χ4n) is 6.78. The van der Waals surface area contributed by atoms with Crippen LogP contribution in [0.4, 0.5) is 35.1 Å². The average Bonchev–Trinajstić information content (AvgIpc) is 3.03. The molecule has 0 heterocycles. The van der Waals surface area contributed by atoms with Gasteiger partial charge in [0.15, 0.2) is 17.5 Å². The predicted molar refractivity (Wildman–Crippen MR) is 166 cm³/mol. The van der Waals surface area contributed by atoms with E-state index in [4.69, 9.17) is 0 Å². The first-order valence-electron chi connectivity index (χ1n) is 14.2. The van der Waals surface area contributed by atoms with Gasteiger partial charge in [0.25, 0.3) is 0 Å². The Morgan fingerprint density at radius 3 is 1.13 bits per heavy atom. The van der Waals surface area contributed by atoms with Crippen LogP contribution in [-0.2, 0) is 5.92 Å². The van der Waals surface area contributed by atoms with Crippen LogP contribution in [0.25, 0.3) is 76.1 Å². The fraction of sp³-hybridized carbons (Fsp3) is 0.0526. The van der Waals surface area contributed by atoms with Crippen molar-refractivity contribution in [1.82, 2.24) is 0 Å². The molecule has 8 aromatic rings. The lowest BCUT2D eigenvalue weighted by Gasteiger charge is -2.22. The Morgan fingerprint density at radius 2 is 0.761 bits per heavy atom. The van der Waals surface area contributed by atoms with E-state index in [1.165, 1.54) is 0 Å². The number of rotatable bonds is 3. The van der Waals surface area contributed by atoms with Crippen molar-refractivity contribution < 1.29 is 35.1 Å². The molecule has 8 aromatic carbocycles. The third-order valence-electron chi connectivity index (χ3n) is 8.74. The second kappa shape index (κ2) is 9.63. The summed E-state index contributed by atoms with van der Waals surface area (Å²) in [6.07, 6.45) is -5.73. The zero-order valence-corrected chi connectivity index (χ0v) is 23.4. The second-order valence-corrected chi connectivity index (χ2v) is 11.4. The van der Waals surface area contributed by atoms with Gasteiger partial charge in [0, 0.05) is 5.56 Å². The van der Waals surface area contributed by atoms with E-state index in [9.17, 15) is 35.1 Å². The Hall–Kier alpha value is -5.24. The van der Waals surface area contributed by atoms with E-state index in [1.54, 1.807) is 36.4 Å². The van der Waals surface area contributed by atoms with E-state index in [0.717, 1.165) is 62.3 Å². The van der Waals surface area contributed by atoms with E-state index < -0.39 is 35.1 Å². The maximum atomic E-state index is 14.4. The van der Waals surface area contributed by atoms with Crippen LogP contribution < -0.4 is 0 Å². The van der Waals surface area contributed by atoms with Crippen LogP contribution in [0, 0.1) is 17.5 Å². The smallest absolute Gasteiger partial charge is 0.204 e. The molecule has 0 aromatic heterocycles. The Kier molecular flexibility index (Phi) is 5.91. The zero-order chi connectivity index (χ0) is 32.1. The van der Waals surface area contributed by atoms with Gasteiger partial charge in [-0.15, -0.1) is 0 Å². The van der Waals surface area contributed by atoms with Crippen molar-refractivity contribution in [2.45, 2.75) is 12.1 Å². The minimum atomic E-state index is -5.73. The minimum Gasteiger partial charge on any atom is -0.204 e. The summed E-state index contributed by atoms with van der Waals surface area (Å²) in [4.78, 5) is 0. The highest BCUT2D eigenvalue weighted by atomic mass is 19.4. The first-order chi connectivity index (χ1) is 21.9. The van der Waals surface area contributed by atoms with Gasteiger partial charge in [-0.3, -0.25) is 0 Å². The molecule has 0 saturated heterocycles. The first-order valence-corrected chi connectivity index (χ1v) is 14.2. The molecule has 0 aliphatic carbocycles. The molecule has 0 amide bonds. The first kappa shape index (κ1) is 28.2. The molecule has 0 bridgehead atoms. The summed E-state index contributed by atoms with van der Waals surface area (Å²) >= 11 is 0. The molecule has 0 aliphatic heterocycles. The molecular formula is C38H18F8. The lowest BCUT2D eigenvalue weighted by Crippen LogP contribution is -2.33. The van der Waals surface area contributed by atoms with Crippen LogP contribution in [0.5, 0.6) is 0 Å². The third kappa shape index (κ3) is 3.99. The Morgan fingerprint density at radius 1 is 0.413 bits per heavy atom. The van der Waals surface area contributed by atoms with Crippen LogP contribution >= 0.6 is 0 Å². The van der Waals surface area contributed by atoms with Gasteiger partial charge in [0.05, 0.1) is 0 Å². The second-order valence-electron chi connectivity index (χ2n) is 11.4. The number of alkyl halides is 5. The Labute approximate surface area is 255 Å². The van der Waals surface area contributed by atoms with E-state index in [0.29, 0.717) is 21.7 Å². The van der Waals surface area contributed by atoms with Gasteiger partial charge in [0.1, 0.15) is 0 Å². The maximum absolute atomic E-state index is 14.4. The standard InChI is InChI=1S/C38H18F8/c39-30-17-24(18-31(40)36(30)41)35-28-7-3-1-5-26(28)34(27-6-2-4-8-29(27)35)23-13-19-9-11-21-15-25(37(42,43)38(44,45)46)16-22-12-10-20(14-23)32(19)33(21)22/h1-18H. The zero-order valence-electron chi connectivity index (χ0n) is 23.4. The van der Waals surface area contributed by atoms with Crippen molar-refractivity contribution in [1.29, 1.82) is 0 Å². The SMILES string of the molecule is Fc1cc(-c2c3ccccc3c(-c3cc4ccc5cc(C(F)(F)C(F)(F)F)cc6ccc(c3)c4c56)c3ccccc23)cc(F)c1F. The normalized spacial score (nSPS) is 12.8. The Bertz CT molecular complexity index is 2380. The van der Waals surface area contributed by atoms with Crippen LogP contribution in [-0.4, -0.2) is 6.18 Å². The molecule has 0 radical (unpaired) electrons. The van der Waals surface area contributed by atoms with Crippen molar-refractivity contribution in [3.8, 4) is 22.3 Å². The number of hydrogen-bond acceptors (Lipinski definition) is 0. The van der Waals surface area contributed by atoms with Gasteiger partial charge >= 0.3 is 12.1 Å². The molecule has 0 spiro atoms. The molecule has 226 valence electrons.